The van der Waals surface area contributed by atoms with Crippen molar-refractivity contribution in [3.8, 4) is 5.75 Å². The Morgan fingerprint density at radius 3 is 2.47 bits per heavy atom. The van der Waals surface area contributed by atoms with Gasteiger partial charge in [0.2, 0.25) is 0 Å². The molecule has 0 aromatic heterocycles. The third kappa shape index (κ3) is 3.73. The van der Waals surface area contributed by atoms with Crippen molar-refractivity contribution in [1.29, 1.82) is 0 Å². The zero-order chi connectivity index (χ0) is 13.2. The number of aliphatic carboxylic acids is 1. The van der Waals surface area contributed by atoms with E-state index in [0.29, 0.717) is 6.42 Å². The molecule has 0 aliphatic heterocycles. The smallest absolute Gasteiger partial charge is 0.317 e. The van der Waals surface area contributed by atoms with Gasteiger partial charge in [-0.05, 0) is 29.0 Å². The van der Waals surface area contributed by atoms with Crippen LogP contribution in [0, 0.1) is 0 Å². The van der Waals surface area contributed by atoms with Gasteiger partial charge < -0.3 is 10.2 Å². The van der Waals surface area contributed by atoms with Gasteiger partial charge in [0.05, 0.1) is 0 Å². The Balaban J connectivity index is 3.01. The SMILES string of the molecule is CC(C)(C)c1cc(CC(Br)C(=O)O)ccc1O. The van der Waals surface area contributed by atoms with Gasteiger partial charge in [0.25, 0.3) is 0 Å². The van der Waals surface area contributed by atoms with E-state index in [-0.39, 0.29) is 11.2 Å². The number of hydrogen-bond acceptors (Lipinski definition) is 2. The molecule has 0 aliphatic carbocycles. The molecule has 1 aromatic rings. The van der Waals surface area contributed by atoms with Gasteiger partial charge in [-0.15, -0.1) is 0 Å². The van der Waals surface area contributed by atoms with Gasteiger partial charge in [0.1, 0.15) is 10.6 Å². The van der Waals surface area contributed by atoms with Gasteiger partial charge in [0.15, 0.2) is 0 Å². The number of alkyl halides is 1. The van der Waals surface area contributed by atoms with Crippen LogP contribution in [-0.2, 0) is 16.6 Å². The van der Waals surface area contributed by atoms with E-state index in [4.69, 9.17) is 5.11 Å². The molecule has 17 heavy (non-hydrogen) atoms. The predicted octanol–water partition coefficient (Wildman–Crippen LogP) is 3.08. The second kappa shape index (κ2) is 5.08. The monoisotopic (exact) mass is 300 g/mol. The van der Waals surface area contributed by atoms with E-state index in [1.807, 2.05) is 26.8 Å². The van der Waals surface area contributed by atoms with Gasteiger partial charge >= 0.3 is 5.97 Å². The quantitative estimate of drug-likeness (QED) is 0.844. The number of carbonyl (C=O) groups is 1. The van der Waals surface area contributed by atoms with Crippen molar-refractivity contribution in [2.24, 2.45) is 0 Å². The van der Waals surface area contributed by atoms with Crippen LogP contribution in [0.2, 0.25) is 0 Å². The lowest BCUT2D eigenvalue weighted by atomic mass is 9.85. The van der Waals surface area contributed by atoms with Gasteiger partial charge in [-0.2, -0.15) is 0 Å². The summed E-state index contributed by atoms with van der Waals surface area (Å²) in [6, 6.07) is 5.24. The number of phenolic OH excluding ortho intramolecular Hbond substituents is 1. The summed E-state index contributed by atoms with van der Waals surface area (Å²) in [7, 11) is 0. The summed E-state index contributed by atoms with van der Waals surface area (Å²) in [4.78, 5) is 10.2. The van der Waals surface area contributed by atoms with Crippen LogP contribution < -0.4 is 0 Å². The first kappa shape index (κ1) is 14.0. The van der Waals surface area contributed by atoms with E-state index >= 15 is 0 Å². The van der Waals surface area contributed by atoms with E-state index in [1.54, 1.807) is 12.1 Å². The number of rotatable bonds is 3. The summed E-state index contributed by atoms with van der Waals surface area (Å²) in [5, 5.41) is 18.6. The second-order valence-corrected chi connectivity index (χ2v) is 6.22. The number of aromatic hydroxyl groups is 1. The van der Waals surface area contributed by atoms with E-state index in [1.165, 1.54) is 0 Å². The fraction of sp³-hybridized carbons (Fsp3) is 0.462. The zero-order valence-corrected chi connectivity index (χ0v) is 11.8. The van der Waals surface area contributed by atoms with E-state index < -0.39 is 10.8 Å². The van der Waals surface area contributed by atoms with Crippen molar-refractivity contribution >= 4 is 21.9 Å². The first-order valence-corrected chi connectivity index (χ1v) is 6.32. The molecule has 0 amide bonds. The zero-order valence-electron chi connectivity index (χ0n) is 10.2. The van der Waals surface area contributed by atoms with Crippen molar-refractivity contribution < 1.29 is 15.0 Å². The lowest BCUT2D eigenvalue weighted by Gasteiger charge is -2.21. The van der Waals surface area contributed by atoms with Gasteiger partial charge in [-0.25, -0.2) is 0 Å². The molecule has 1 unspecified atom stereocenters. The number of carboxylic acid groups (broad SMARTS) is 1. The average Bonchev–Trinajstić information content (AvgIpc) is 2.19. The summed E-state index contributed by atoms with van der Waals surface area (Å²) >= 11 is 3.11. The van der Waals surface area contributed by atoms with Crippen molar-refractivity contribution in [2.45, 2.75) is 37.4 Å². The second-order valence-electron chi connectivity index (χ2n) is 5.11. The maximum Gasteiger partial charge on any atom is 0.317 e. The van der Waals surface area contributed by atoms with Crippen LogP contribution in [0.5, 0.6) is 5.75 Å². The Labute approximate surface area is 110 Å². The number of carboxylic acids is 1. The molecule has 1 aromatic carbocycles. The number of hydrogen-bond donors (Lipinski definition) is 2. The molecule has 0 saturated carbocycles. The minimum Gasteiger partial charge on any atom is -0.508 e. The third-order valence-corrected chi connectivity index (χ3v) is 3.27. The van der Waals surface area contributed by atoms with E-state index in [0.717, 1.165) is 11.1 Å². The molecule has 0 heterocycles. The van der Waals surface area contributed by atoms with Crippen LogP contribution in [0.3, 0.4) is 0 Å². The summed E-state index contributed by atoms with van der Waals surface area (Å²) < 4.78 is 0. The highest BCUT2D eigenvalue weighted by Crippen LogP contribution is 2.31. The Morgan fingerprint density at radius 2 is 2.00 bits per heavy atom. The van der Waals surface area contributed by atoms with Crippen molar-refractivity contribution in [2.75, 3.05) is 0 Å². The van der Waals surface area contributed by atoms with Gasteiger partial charge in [0, 0.05) is 0 Å². The summed E-state index contributed by atoms with van der Waals surface area (Å²) in [5.41, 5.74) is 1.57. The lowest BCUT2D eigenvalue weighted by Crippen LogP contribution is -2.16. The Hall–Kier alpha value is -1.03. The molecule has 4 heteroatoms. The minimum atomic E-state index is -0.879. The minimum absolute atomic E-state index is 0.162. The highest BCUT2D eigenvalue weighted by molar-refractivity contribution is 9.10. The molecule has 0 spiro atoms. The van der Waals surface area contributed by atoms with Crippen LogP contribution in [0.4, 0.5) is 0 Å². The molecule has 0 saturated heterocycles. The fourth-order valence-corrected chi connectivity index (χ4v) is 1.98. The van der Waals surface area contributed by atoms with Crippen LogP contribution in [-0.4, -0.2) is 21.0 Å². The molecule has 1 rings (SSSR count). The highest BCUT2D eigenvalue weighted by atomic mass is 79.9. The van der Waals surface area contributed by atoms with Crippen molar-refractivity contribution in [1.82, 2.24) is 0 Å². The molecule has 0 bridgehead atoms. The number of phenols is 1. The molecular formula is C13H17BrO3. The third-order valence-electron chi connectivity index (χ3n) is 2.55. The molecule has 94 valence electrons. The number of halogens is 1. The van der Waals surface area contributed by atoms with Crippen LogP contribution >= 0.6 is 15.9 Å². The molecule has 0 fully saturated rings. The Kier molecular flexibility index (Phi) is 4.20. The molecule has 1 atom stereocenters. The number of benzene rings is 1. The maximum atomic E-state index is 10.8. The Morgan fingerprint density at radius 1 is 1.41 bits per heavy atom. The summed E-state index contributed by atoms with van der Waals surface area (Å²) in [6.45, 7) is 6.03. The van der Waals surface area contributed by atoms with Crippen LogP contribution in [0.15, 0.2) is 18.2 Å². The van der Waals surface area contributed by atoms with Gasteiger partial charge in [-0.3, -0.25) is 4.79 Å². The normalized spacial score (nSPS) is 13.4. The Bertz CT molecular complexity index is 421. The molecule has 0 aliphatic rings. The highest BCUT2D eigenvalue weighted by Gasteiger charge is 2.20. The first-order chi connectivity index (χ1) is 7.71. The van der Waals surface area contributed by atoms with E-state index in [2.05, 4.69) is 15.9 Å². The van der Waals surface area contributed by atoms with Crippen LogP contribution in [0.25, 0.3) is 0 Å². The molecule has 0 radical (unpaired) electrons. The van der Waals surface area contributed by atoms with Gasteiger partial charge in [-0.1, -0.05) is 48.8 Å². The van der Waals surface area contributed by atoms with Crippen molar-refractivity contribution in [3.63, 3.8) is 0 Å². The van der Waals surface area contributed by atoms with Crippen LogP contribution in [0.1, 0.15) is 31.9 Å². The summed E-state index contributed by atoms with van der Waals surface area (Å²) in [5.74, 6) is -0.627. The largest absolute Gasteiger partial charge is 0.508 e. The predicted molar refractivity (Wildman–Crippen MR) is 70.9 cm³/mol. The maximum absolute atomic E-state index is 10.8. The first-order valence-electron chi connectivity index (χ1n) is 5.41. The molecule has 2 N–H and O–H groups in total. The molecule has 3 nitrogen and oxygen atoms in total. The summed E-state index contributed by atoms with van der Waals surface area (Å²) in [6.07, 6.45) is 0.401. The molecular weight excluding hydrogens is 284 g/mol. The lowest BCUT2D eigenvalue weighted by molar-refractivity contribution is -0.136. The average molecular weight is 301 g/mol. The topological polar surface area (TPSA) is 57.5 Å². The standard InChI is InChI=1S/C13H17BrO3/c1-13(2,3)9-6-8(4-5-11(9)15)7-10(14)12(16)17/h4-6,10,15H,7H2,1-3H3,(H,16,17). The van der Waals surface area contributed by atoms with E-state index in [9.17, 15) is 9.90 Å². The van der Waals surface area contributed by atoms with Crippen molar-refractivity contribution in [3.05, 3.63) is 29.3 Å². The fourth-order valence-electron chi connectivity index (χ4n) is 1.61.